The molecular weight excluding hydrogens is 340 g/mol. The molecule has 0 saturated heterocycles. The maximum absolute atomic E-state index is 5.72. The minimum atomic E-state index is 0.440. The van der Waals surface area contributed by atoms with Crippen molar-refractivity contribution in [3.63, 3.8) is 0 Å². The monoisotopic (exact) mass is 360 g/mol. The maximum Gasteiger partial charge on any atom is 0.106 e. The lowest BCUT2D eigenvalue weighted by molar-refractivity contribution is 0.689. The van der Waals surface area contributed by atoms with Crippen molar-refractivity contribution in [1.82, 2.24) is 0 Å². The number of halogens is 1. The highest BCUT2D eigenvalue weighted by Crippen LogP contribution is 2.21. The van der Waals surface area contributed by atoms with Gasteiger partial charge in [-0.1, -0.05) is 41.0 Å². The fourth-order valence-electron chi connectivity index (χ4n) is 1.83. The minimum Gasteiger partial charge on any atom is -0.389 e. The third-order valence-corrected chi connectivity index (χ3v) is 4.25. The van der Waals surface area contributed by atoms with Crippen LogP contribution < -0.4 is 11.1 Å². The third-order valence-electron chi connectivity index (χ3n) is 2.84. The second-order valence-electron chi connectivity index (χ2n) is 4.39. The zero-order valence-corrected chi connectivity index (χ0v) is 14.5. The Labute approximate surface area is 134 Å². The van der Waals surface area contributed by atoms with Crippen molar-refractivity contribution in [2.45, 2.75) is 25.7 Å². The van der Waals surface area contributed by atoms with Gasteiger partial charge in [0.1, 0.15) is 4.99 Å². The van der Waals surface area contributed by atoms with Crippen LogP contribution in [0.15, 0.2) is 22.7 Å². The number of benzene rings is 1. The molecule has 0 aliphatic rings. The molecule has 0 unspecified atom stereocenters. The predicted molar refractivity (Wildman–Crippen MR) is 95.4 cm³/mol. The van der Waals surface area contributed by atoms with Gasteiger partial charge in [0.15, 0.2) is 0 Å². The number of hydrogen-bond acceptors (Lipinski definition) is 3. The van der Waals surface area contributed by atoms with Crippen LogP contribution in [0.25, 0.3) is 0 Å². The van der Waals surface area contributed by atoms with E-state index in [2.05, 4.69) is 27.5 Å². The van der Waals surface area contributed by atoms with Gasteiger partial charge in [-0.3, -0.25) is 0 Å². The summed E-state index contributed by atoms with van der Waals surface area (Å²) in [6, 6.07) is 5.94. The van der Waals surface area contributed by atoms with Gasteiger partial charge in [-0.15, -0.1) is 0 Å². The van der Waals surface area contributed by atoms with Gasteiger partial charge in [-0.25, -0.2) is 0 Å². The van der Waals surface area contributed by atoms with Crippen molar-refractivity contribution >= 4 is 50.6 Å². The standard InChI is InChI=1S/C14H21BrN2S2/c1-19-9-5-3-2-4-8-17-13-10-11(15)6-7-12(13)14(16)18/h6-7,10,17H,2-5,8-9H2,1H3,(H2,16,18). The van der Waals surface area contributed by atoms with E-state index in [0.717, 1.165) is 22.3 Å². The molecule has 0 radical (unpaired) electrons. The smallest absolute Gasteiger partial charge is 0.106 e. The van der Waals surface area contributed by atoms with Crippen molar-refractivity contribution in [2.24, 2.45) is 5.73 Å². The first-order valence-corrected chi connectivity index (χ1v) is 9.07. The lowest BCUT2D eigenvalue weighted by Gasteiger charge is -2.11. The van der Waals surface area contributed by atoms with Crippen molar-refractivity contribution in [1.29, 1.82) is 0 Å². The van der Waals surface area contributed by atoms with E-state index < -0.39 is 0 Å². The van der Waals surface area contributed by atoms with Gasteiger partial charge >= 0.3 is 0 Å². The topological polar surface area (TPSA) is 38.0 Å². The summed E-state index contributed by atoms with van der Waals surface area (Å²) in [4.78, 5) is 0.440. The van der Waals surface area contributed by atoms with E-state index in [-0.39, 0.29) is 0 Å². The van der Waals surface area contributed by atoms with Crippen molar-refractivity contribution < 1.29 is 0 Å². The molecule has 0 bridgehead atoms. The van der Waals surface area contributed by atoms with Gasteiger partial charge in [-0.05, 0) is 43.0 Å². The van der Waals surface area contributed by atoms with Crippen LogP contribution in [0.2, 0.25) is 0 Å². The summed E-state index contributed by atoms with van der Waals surface area (Å²) in [7, 11) is 0. The summed E-state index contributed by atoms with van der Waals surface area (Å²) in [5.74, 6) is 1.27. The van der Waals surface area contributed by atoms with E-state index >= 15 is 0 Å². The summed E-state index contributed by atoms with van der Waals surface area (Å²) < 4.78 is 1.04. The average Bonchev–Trinajstić information content (AvgIpc) is 2.37. The van der Waals surface area contributed by atoms with Crippen LogP contribution in [0.3, 0.4) is 0 Å². The molecule has 106 valence electrons. The fourth-order valence-corrected chi connectivity index (χ4v) is 2.86. The molecule has 0 saturated carbocycles. The summed E-state index contributed by atoms with van der Waals surface area (Å²) in [5.41, 5.74) is 7.66. The molecule has 0 atom stereocenters. The average molecular weight is 361 g/mol. The van der Waals surface area contributed by atoms with Gasteiger partial charge < -0.3 is 11.1 Å². The molecule has 0 amide bonds. The third kappa shape index (κ3) is 6.63. The number of nitrogens with one attached hydrogen (secondary N) is 1. The first kappa shape index (κ1) is 16.8. The first-order chi connectivity index (χ1) is 9.15. The largest absolute Gasteiger partial charge is 0.389 e. The van der Waals surface area contributed by atoms with Crippen LogP contribution in [-0.4, -0.2) is 23.5 Å². The minimum absolute atomic E-state index is 0.440. The lowest BCUT2D eigenvalue weighted by atomic mass is 10.1. The molecule has 1 aromatic carbocycles. The van der Waals surface area contributed by atoms with E-state index in [4.69, 9.17) is 18.0 Å². The summed E-state index contributed by atoms with van der Waals surface area (Å²) in [6.07, 6.45) is 7.23. The SMILES string of the molecule is CSCCCCCCNc1cc(Br)ccc1C(N)=S. The number of unbranched alkanes of at least 4 members (excludes halogenated alkanes) is 3. The van der Waals surface area contributed by atoms with Gasteiger partial charge in [0.25, 0.3) is 0 Å². The molecule has 0 aliphatic carbocycles. The Bertz CT molecular complexity index is 410. The number of thiocarbonyl (C=S) groups is 1. The summed E-state index contributed by atoms with van der Waals surface area (Å²) in [5, 5.41) is 3.42. The summed E-state index contributed by atoms with van der Waals surface area (Å²) >= 11 is 10.5. The molecule has 0 fully saturated rings. The highest BCUT2D eigenvalue weighted by atomic mass is 79.9. The molecule has 0 spiro atoms. The molecule has 2 nitrogen and oxygen atoms in total. The quantitative estimate of drug-likeness (QED) is 0.504. The fraction of sp³-hybridized carbons (Fsp3) is 0.500. The second kappa shape index (κ2) is 9.61. The second-order valence-corrected chi connectivity index (χ2v) is 6.73. The Kier molecular flexibility index (Phi) is 8.50. The van der Waals surface area contributed by atoms with E-state index in [0.29, 0.717) is 4.99 Å². The molecule has 19 heavy (non-hydrogen) atoms. The normalized spacial score (nSPS) is 10.4. The van der Waals surface area contributed by atoms with E-state index in [9.17, 15) is 0 Å². The van der Waals surface area contributed by atoms with Crippen molar-refractivity contribution in [2.75, 3.05) is 23.9 Å². The Morgan fingerprint density at radius 1 is 1.32 bits per heavy atom. The van der Waals surface area contributed by atoms with Crippen LogP contribution in [-0.2, 0) is 0 Å². The Morgan fingerprint density at radius 3 is 2.74 bits per heavy atom. The molecule has 0 aliphatic heterocycles. The first-order valence-electron chi connectivity index (χ1n) is 6.47. The molecule has 5 heteroatoms. The summed E-state index contributed by atoms with van der Waals surface area (Å²) in [6.45, 7) is 0.964. The Balaban J connectivity index is 2.36. The van der Waals surface area contributed by atoms with E-state index in [1.54, 1.807) is 0 Å². The molecule has 3 N–H and O–H groups in total. The van der Waals surface area contributed by atoms with Crippen LogP contribution in [0, 0.1) is 0 Å². The van der Waals surface area contributed by atoms with E-state index in [1.807, 2.05) is 30.0 Å². The van der Waals surface area contributed by atoms with Crippen LogP contribution in [0.4, 0.5) is 5.69 Å². The molecule has 1 rings (SSSR count). The Morgan fingerprint density at radius 2 is 2.05 bits per heavy atom. The Hall–Kier alpha value is -0.260. The maximum atomic E-state index is 5.72. The van der Waals surface area contributed by atoms with Gasteiger partial charge in [0.2, 0.25) is 0 Å². The molecule has 1 aromatic rings. The zero-order valence-electron chi connectivity index (χ0n) is 11.2. The zero-order chi connectivity index (χ0) is 14.1. The van der Waals surface area contributed by atoms with Crippen LogP contribution >= 0.6 is 39.9 Å². The van der Waals surface area contributed by atoms with Crippen molar-refractivity contribution in [3.05, 3.63) is 28.2 Å². The number of anilines is 1. The number of thioether (sulfide) groups is 1. The lowest BCUT2D eigenvalue weighted by Crippen LogP contribution is -2.13. The predicted octanol–water partition coefficient (Wildman–Crippen LogP) is 4.42. The van der Waals surface area contributed by atoms with Crippen molar-refractivity contribution in [3.8, 4) is 0 Å². The molecule has 0 heterocycles. The van der Waals surface area contributed by atoms with Gasteiger partial charge in [0.05, 0.1) is 0 Å². The number of rotatable bonds is 9. The van der Waals surface area contributed by atoms with Gasteiger partial charge in [-0.2, -0.15) is 11.8 Å². The van der Waals surface area contributed by atoms with E-state index in [1.165, 1.54) is 31.4 Å². The number of nitrogens with two attached hydrogens (primary N) is 1. The van der Waals surface area contributed by atoms with Gasteiger partial charge in [0, 0.05) is 22.3 Å². The highest BCUT2D eigenvalue weighted by Gasteiger charge is 2.05. The molecule has 0 aromatic heterocycles. The van der Waals surface area contributed by atoms with Crippen LogP contribution in [0.5, 0.6) is 0 Å². The van der Waals surface area contributed by atoms with Crippen LogP contribution in [0.1, 0.15) is 31.2 Å². The highest BCUT2D eigenvalue weighted by molar-refractivity contribution is 9.10. The number of hydrogen-bond donors (Lipinski definition) is 2. The molecular formula is C14H21BrN2S2.